The molecule has 0 fully saturated rings. The summed E-state index contributed by atoms with van der Waals surface area (Å²) in [5.74, 6) is 1.32. The molecule has 2 aromatic carbocycles. The number of nitrogens with zero attached hydrogens (tertiary/aromatic N) is 2. The molecule has 4 nitrogen and oxygen atoms in total. The van der Waals surface area contributed by atoms with E-state index in [0.29, 0.717) is 5.75 Å². The standard InChI is InChI=1S/C21H26N2O2S/c1-6-23(4)14-22-20-11-15(2)19(10-16(20)3)21(24)13-26-18-9-7-8-17(12-18)25-5/h7-12,14H,6,13H2,1-5H3. The lowest BCUT2D eigenvalue weighted by Gasteiger charge is -2.11. The van der Waals surface area contributed by atoms with Crippen molar-refractivity contribution in [2.75, 3.05) is 26.5 Å². The molecule has 0 radical (unpaired) electrons. The van der Waals surface area contributed by atoms with Crippen LogP contribution in [0.4, 0.5) is 5.69 Å². The van der Waals surface area contributed by atoms with Gasteiger partial charge in [0.05, 0.1) is 24.9 Å². The molecule has 0 aliphatic heterocycles. The largest absolute Gasteiger partial charge is 0.497 e. The third-order valence-corrected chi connectivity index (χ3v) is 5.14. The number of rotatable bonds is 8. The summed E-state index contributed by atoms with van der Waals surface area (Å²) < 4.78 is 5.23. The van der Waals surface area contributed by atoms with Gasteiger partial charge in [0, 0.05) is 24.1 Å². The molecule has 0 aromatic heterocycles. The molecule has 0 spiro atoms. The number of benzene rings is 2. The maximum Gasteiger partial charge on any atom is 0.173 e. The number of Topliss-reactive ketones (excluding diaryl/α,β-unsaturated/α-hetero) is 1. The molecule has 0 saturated heterocycles. The first-order valence-corrected chi connectivity index (χ1v) is 9.59. The van der Waals surface area contributed by atoms with E-state index < -0.39 is 0 Å². The highest BCUT2D eigenvalue weighted by Crippen LogP contribution is 2.27. The molecule has 5 heteroatoms. The van der Waals surface area contributed by atoms with Crippen LogP contribution in [0.5, 0.6) is 5.75 Å². The van der Waals surface area contributed by atoms with Gasteiger partial charge in [-0.05, 0) is 62.2 Å². The van der Waals surface area contributed by atoms with Crippen molar-refractivity contribution in [2.24, 2.45) is 4.99 Å². The number of methoxy groups -OCH3 is 1. The van der Waals surface area contributed by atoms with Gasteiger partial charge in [0.2, 0.25) is 0 Å². The second-order valence-electron chi connectivity index (χ2n) is 6.16. The van der Waals surface area contributed by atoms with Crippen molar-refractivity contribution in [1.82, 2.24) is 4.90 Å². The SMILES string of the molecule is CCN(C)C=Nc1cc(C)c(C(=O)CSc2cccc(OC)c2)cc1C. The van der Waals surface area contributed by atoms with E-state index in [4.69, 9.17) is 4.74 Å². The molecule has 0 amide bonds. The smallest absolute Gasteiger partial charge is 0.173 e. The van der Waals surface area contributed by atoms with Gasteiger partial charge >= 0.3 is 0 Å². The zero-order valence-electron chi connectivity index (χ0n) is 16.1. The summed E-state index contributed by atoms with van der Waals surface area (Å²) in [6.07, 6.45) is 1.82. The summed E-state index contributed by atoms with van der Waals surface area (Å²) >= 11 is 1.52. The Labute approximate surface area is 160 Å². The number of carbonyl (C=O) groups excluding carboxylic acids is 1. The third kappa shape index (κ3) is 5.36. The molecular weight excluding hydrogens is 344 g/mol. The highest BCUT2D eigenvalue weighted by atomic mass is 32.2. The van der Waals surface area contributed by atoms with Gasteiger partial charge in [-0.1, -0.05) is 6.07 Å². The Kier molecular flexibility index (Phi) is 7.27. The summed E-state index contributed by atoms with van der Waals surface area (Å²) in [5, 5.41) is 0. The van der Waals surface area contributed by atoms with Crippen molar-refractivity contribution >= 4 is 29.6 Å². The zero-order chi connectivity index (χ0) is 19.1. The van der Waals surface area contributed by atoms with Gasteiger partial charge in [-0.3, -0.25) is 4.79 Å². The van der Waals surface area contributed by atoms with Gasteiger partial charge in [0.15, 0.2) is 5.78 Å². The quantitative estimate of drug-likeness (QED) is 0.287. The molecule has 0 aliphatic carbocycles. The van der Waals surface area contributed by atoms with E-state index in [1.165, 1.54) is 11.8 Å². The maximum absolute atomic E-state index is 12.7. The molecule has 0 saturated carbocycles. The molecule has 0 atom stereocenters. The van der Waals surface area contributed by atoms with Gasteiger partial charge in [0.1, 0.15) is 5.75 Å². The molecule has 2 aromatic rings. The molecule has 0 aliphatic rings. The molecule has 0 bridgehead atoms. The lowest BCUT2D eigenvalue weighted by atomic mass is 10.0. The summed E-state index contributed by atoms with van der Waals surface area (Å²) in [6, 6.07) is 11.7. The zero-order valence-corrected chi connectivity index (χ0v) is 16.9. The Morgan fingerprint density at radius 2 is 2.00 bits per heavy atom. The number of carbonyl (C=O) groups is 1. The van der Waals surface area contributed by atoms with Crippen molar-refractivity contribution in [1.29, 1.82) is 0 Å². The van der Waals surface area contributed by atoms with E-state index in [1.807, 2.05) is 68.5 Å². The highest BCUT2D eigenvalue weighted by Gasteiger charge is 2.12. The third-order valence-electron chi connectivity index (χ3n) is 4.15. The first-order valence-electron chi connectivity index (χ1n) is 8.60. The minimum Gasteiger partial charge on any atom is -0.497 e. The number of ether oxygens (including phenoxy) is 1. The van der Waals surface area contributed by atoms with Gasteiger partial charge in [-0.15, -0.1) is 11.8 Å². The van der Waals surface area contributed by atoms with E-state index >= 15 is 0 Å². The van der Waals surface area contributed by atoms with Crippen LogP contribution in [0.1, 0.15) is 28.4 Å². The van der Waals surface area contributed by atoms with Crippen LogP contribution < -0.4 is 4.74 Å². The number of ketones is 1. The Bertz CT molecular complexity index is 803. The number of thioether (sulfide) groups is 1. The Hall–Kier alpha value is -2.27. The van der Waals surface area contributed by atoms with Crippen molar-refractivity contribution in [3.05, 3.63) is 53.1 Å². The average molecular weight is 371 g/mol. The second-order valence-corrected chi connectivity index (χ2v) is 7.21. The first-order chi connectivity index (χ1) is 12.4. The Morgan fingerprint density at radius 3 is 2.69 bits per heavy atom. The molecule has 0 N–H and O–H groups in total. The molecule has 0 unspecified atom stereocenters. The first kappa shape index (κ1) is 20.0. The van der Waals surface area contributed by atoms with Crippen molar-refractivity contribution in [2.45, 2.75) is 25.7 Å². The van der Waals surface area contributed by atoms with Crippen LogP contribution >= 0.6 is 11.8 Å². The normalized spacial score (nSPS) is 11.0. The van der Waals surface area contributed by atoms with Gasteiger partial charge in [0.25, 0.3) is 0 Å². The molecule has 0 heterocycles. The van der Waals surface area contributed by atoms with E-state index in [1.54, 1.807) is 7.11 Å². The fourth-order valence-electron chi connectivity index (χ4n) is 2.40. The highest BCUT2D eigenvalue weighted by molar-refractivity contribution is 8.00. The predicted octanol–water partition coefficient (Wildman–Crippen LogP) is 4.90. The van der Waals surface area contributed by atoms with Gasteiger partial charge in [-0.25, -0.2) is 4.99 Å². The number of aliphatic imine (C=N–C) groups is 1. The van der Waals surface area contributed by atoms with Crippen LogP contribution in [0, 0.1) is 13.8 Å². The Morgan fingerprint density at radius 1 is 1.23 bits per heavy atom. The van der Waals surface area contributed by atoms with Crippen LogP contribution in [-0.2, 0) is 0 Å². The second kappa shape index (κ2) is 9.43. The number of aryl methyl sites for hydroxylation is 2. The molecular formula is C21H26N2O2S. The van der Waals surface area contributed by atoms with Gasteiger partial charge in [-0.2, -0.15) is 0 Å². The summed E-state index contributed by atoms with van der Waals surface area (Å²) in [6.45, 7) is 6.93. The minimum absolute atomic E-state index is 0.125. The van der Waals surface area contributed by atoms with E-state index in [9.17, 15) is 4.79 Å². The van der Waals surface area contributed by atoms with Crippen molar-refractivity contribution in [3.8, 4) is 5.75 Å². The summed E-state index contributed by atoms with van der Waals surface area (Å²) in [4.78, 5) is 20.2. The van der Waals surface area contributed by atoms with Crippen LogP contribution in [0.2, 0.25) is 0 Å². The fourth-order valence-corrected chi connectivity index (χ4v) is 3.23. The minimum atomic E-state index is 0.125. The maximum atomic E-state index is 12.7. The fraction of sp³-hybridized carbons (Fsp3) is 0.333. The van der Waals surface area contributed by atoms with Crippen LogP contribution in [0.15, 0.2) is 46.3 Å². The van der Waals surface area contributed by atoms with E-state index in [0.717, 1.165) is 39.6 Å². The van der Waals surface area contributed by atoms with Crippen LogP contribution in [-0.4, -0.2) is 43.5 Å². The summed E-state index contributed by atoms with van der Waals surface area (Å²) in [7, 11) is 3.63. The van der Waals surface area contributed by atoms with Gasteiger partial charge < -0.3 is 9.64 Å². The molecule has 2 rings (SSSR count). The van der Waals surface area contributed by atoms with Crippen LogP contribution in [0.25, 0.3) is 0 Å². The molecule has 138 valence electrons. The average Bonchev–Trinajstić information content (AvgIpc) is 2.66. The lowest BCUT2D eigenvalue weighted by molar-refractivity contribution is 0.102. The molecule has 26 heavy (non-hydrogen) atoms. The predicted molar refractivity (Wildman–Crippen MR) is 110 cm³/mol. The van der Waals surface area contributed by atoms with Crippen molar-refractivity contribution in [3.63, 3.8) is 0 Å². The monoisotopic (exact) mass is 370 g/mol. The number of hydrogen-bond donors (Lipinski definition) is 0. The number of hydrogen-bond acceptors (Lipinski definition) is 4. The van der Waals surface area contributed by atoms with E-state index in [-0.39, 0.29) is 5.78 Å². The Balaban J connectivity index is 2.11. The van der Waals surface area contributed by atoms with Crippen molar-refractivity contribution < 1.29 is 9.53 Å². The summed E-state index contributed by atoms with van der Waals surface area (Å²) in [5.41, 5.74) is 3.63. The topological polar surface area (TPSA) is 41.9 Å². The van der Waals surface area contributed by atoms with Crippen LogP contribution in [0.3, 0.4) is 0 Å². The lowest BCUT2D eigenvalue weighted by Crippen LogP contribution is -2.14. The van der Waals surface area contributed by atoms with E-state index in [2.05, 4.69) is 11.9 Å².